The fraction of sp³-hybridized carbons (Fsp3) is 0.150. The standard InChI is InChI=1S/C20H16N2O3/c1-12-13(19(23)14-6-2-4-8-16(14)21-12)10-11-18-22-17-9-5-3-7-15(17)20(24)25-18/h2-9H,10-11H2,1H3,(H,21,23). The van der Waals surface area contributed by atoms with Gasteiger partial charge in [0.1, 0.15) is 0 Å². The first-order valence-electron chi connectivity index (χ1n) is 8.13. The fourth-order valence-corrected chi connectivity index (χ4v) is 3.10. The molecule has 0 saturated heterocycles. The van der Waals surface area contributed by atoms with Crippen LogP contribution < -0.4 is 11.1 Å². The Bertz CT molecular complexity index is 1200. The molecule has 4 rings (SSSR count). The zero-order valence-corrected chi connectivity index (χ0v) is 13.7. The first-order chi connectivity index (χ1) is 12.1. The van der Waals surface area contributed by atoms with Crippen molar-refractivity contribution in [3.63, 3.8) is 0 Å². The van der Waals surface area contributed by atoms with Crippen LogP contribution in [0.3, 0.4) is 0 Å². The molecule has 0 fully saturated rings. The van der Waals surface area contributed by atoms with Gasteiger partial charge in [-0.3, -0.25) is 4.79 Å². The van der Waals surface area contributed by atoms with E-state index in [1.807, 2.05) is 37.3 Å². The number of pyridine rings is 1. The summed E-state index contributed by atoms with van der Waals surface area (Å²) in [5.41, 5.74) is 2.56. The number of aromatic amines is 1. The quantitative estimate of drug-likeness (QED) is 0.625. The molecular weight excluding hydrogens is 316 g/mol. The molecule has 1 N–H and O–H groups in total. The summed E-state index contributed by atoms with van der Waals surface area (Å²) in [7, 11) is 0. The number of aryl methyl sites for hydroxylation is 2. The molecule has 0 atom stereocenters. The average Bonchev–Trinajstić information content (AvgIpc) is 2.61. The van der Waals surface area contributed by atoms with E-state index in [2.05, 4.69) is 9.97 Å². The monoisotopic (exact) mass is 332 g/mol. The first-order valence-corrected chi connectivity index (χ1v) is 8.13. The Morgan fingerprint density at radius 3 is 2.52 bits per heavy atom. The smallest absolute Gasteiger partial charge is 0.346 e. The summed E-state index contributed by atoms with van der Waals surface area (Å²) in [6.45, 7) is 1.88. The molecule has 0 unspecified atom stereocenters. The molecule has 5 heteroatoms. The number of fused-ring (bicyclic) bond motifs is 2. The number of hydrogen-bond acceptors (Lipinski definition) is 4. The van der Waals surface area contributed by atoms with Crippen molar-refractivity contribution in [1.29, 1.82) is 0 Å². The normalized spacial score (nSPS) is 11.2. The van der Waals surface area contributed by atoms with Crippen LogP contribution in [0, 0.1) is 6.92 Å². The van der Waals surface area contributed by atoms with Gasteiger partial charge in [-0.1, -0.05) is 24.3 Å². The summed E-state index contributed by atoms with van der Waals surface area (Å²) in [6, 6.07) is 14.5. The van der Waals surface area contributed by atoms with Gasteiger partial charge in [-0.15, -0.1) is 0 Å². The topological polar surface area (TPSA) is 76.0 Å². The molecule has 25 heavy (non-hydrogen) atoms. The van der Waals surface area contributed by atoms with Crippen LogP contribution in [-0.2, 0) is 12.8 Å². The Morgan fingerprint density at radius 2 is 1.68 bits per heavy atom. The van der Waals surface area contributed by atoms with E-state index in [0.717, 1.165) is 11.2 Å². The highest BCUT2D eigenvalue weighted by Gasteiger charge is 2.11. The first kappa shape index (κ1) is 15.3. The Kier molecular flexibility index (Phi) is 3.69. The summed E-state index contributed by atoms with van der Waals surface area (Å²) >= 11 is 0. The fourth-order valence-electron chi connectivity index (χ4n) is 3.10. The van der Waals surface area contributed by atoms with Gasteiger partial charge < -0.3 is 9.40 Å². The molecule has 0 bridgehead atoms. The molecular formula is C20H16N2O3. The lowest BCUT2D eigenvalue weighted by Gasteiger charge is -2.07. The number of benzene rings is 2. The van der Waals surface area contributed by atoms with Crippen molar-refractivity contribution in [2.45, 2.75) is 19.8 Å². The molecule has 0 amide bonds. The minimum absolute atomic E-state index is 0.00925. The molecule has 124 valence electrons. The molecule has 2 heterocycles. The minimum atomic E-state index is -0.398. The van der Waals surface area contributed by atoms with E-state index in [9.17, 15) is 9.59 Å². The van der Waals surface area contributed by atoms with Crippen molar-refractivity contribution in [2.24, 2.45) is 0 Å². The van der Waals surface area contributed by atoms with E-state index in [1.165, 1.54) is 0 Å². The van der Waals surface area contributed by atoms with Gasteiger partial charge in [-0.05, 0) is 37.6 Å². The van der Waals surface area contributed by atoms with Crippen LogP contribution in [-0.4, -0.2) is 9.97 Å². The van der Waals surface area contributed by atoms with Gasteiger partial charge in [0.05, 0.1) is 10.9 Å². The summed E-state index contributed by atoms with van der Waals surface area (Å²) in [6.07, 6.45) is 0.850. The van der Waals surface area contributed by atoms with Crippen LogP contribution >= 0.6 is 0 Å². The highest BCUT2D eigenvalue weighted by molar-refractivity contribution is 5.79. The van der Waals surface area contributed by atoms with E-state index in [1.54, 1.807) is 18.2 Å². The minimum Gasteiger partial charge on any atom is -0.408 e. The number of nitrogens with one attached hydrogen (secondary N) is 1. The number of para-hydroxylation sites is 2. The summed E-state index contributed by atoms with van der Waals surface area (Å²) < 4.78 is 5.30. The number of rotatable bonds is 3. The summed E-state index contributed by atoms with van der Waals surface area (Å²) in [4.78, 5) is 32.4. The number of hydrogen-bond donors (Lipinski definition) is 1. The summed E-state index contributed by atoms with van der Waals surface area (Å²) in [5, 5.41) is 1.13. The second-order valence-electron chi connectivity index (χ2n) is 6.02. The van der Waals surface area contributed by atoms with Crippen molar-refractivity contribution in [3.05, 3.63) is 86.3 Å². The van der Waals surface area contributed by atoms with Gasteiger partial charge in [0.2, 0.25) is 0 Å². The Balaban J connectivity index is 1.71. The van der Waals surface area contributed by atoms with E-state index in [4.69, 9.17) is 4.42 Å². The zero-order valence-electron chi connectivity index (χ0n) is 13.7. The number of aromatic nitrogens is 2. The van der Waals surface area contributed by atoms with Gasteiger partial charge in [-0.2, -0.15) is 0 Å². The maximum absolute atomic E-state index is 12.7. The lowest BCUT2D eigenvalue weighted by atomic mass is 10.0. The van der Waals surface area contributed by atoms with Crippen molar-refractivity contribution in [1.82, 2.24) is 9.97 Å². The maximum atomic E-state index is 12.7. The Hall–Kier alpha value is -3.21. The predicted molar refractivity (Wildman–Crippen MR) is 97.0 cm³/mol. The van der Waals surface area contributed by atoms with Gasteiger partial charge in [-0.25, -0.2) is 9.78 Å². The largest absolute Gasteiger partial charge is 0.408 e. The van der Waals surface area contributed by atoms with E-state index >= 15 is 0 Å². The zero-order chi connectivity index (χ0) is 17.4. The van der Waals surface area contributed by atoms with E-state index in [-0.39, 0.29) is 5.43 Å². The SMILES string of the molecule is Cc1[nH]c2ccccc2c(=O)c1CCc1nc2ccccc2c(=O)o1. The Morgan fingerprint density at radius 1 is 0.960 bits per heavy atom. The molecule has 2 aromatic heterocycles. The third-order valence-electron chi connectivity index (χ3n) is 4.39. The van der Waals surface area contributed by atoms with Crippen LogP contribution in [0.1, 0.15) is 17.1 Å². The predicted octanol–water partition coefficient (Wildman–Crippen LogP) is 3.12. The molecule has 0 aliphatic rings. The third-order valence-corrected chi connectivity index (χ3v) is 4.39. The van der Waals surface area contributed by atoms with Crippen molar-refractivity contribution in [2.75, 3.05) is 0 Å². The molecule has 0 saturated carbocycles. The van der Waals surface area contributed by atoms with Crippen LogP contribution in [0.25, 0.3) is 21.8 Å². The second-order valence-corrected chi connectivity index (χ2v) is 6.02. The van der Waals surface area contributed by atoms with Crippen molar-refractivity contribution >= 4 is 21.8 Å². The van der Waals surface area contributed by atoms with Crippen molar-refractivity contribution < 1.29 is 4.42 Å². The molecule has 0 spiro atoms. The lowest BCUT2D eigenvalue weighted by molar-refractivity contribution is 0.443. The molecule has 0 aliphatic heterocycles. The van der Waals surface area contributed by atoms with Crippen molar-refractivity contribution in [3.8, 4) is 0 Å². The lowest BCUT2D eigenvalue weighted by Crippen LogP contribution is -2.15. The van der Waals surface area contributed by atoms with Crippen LogP contribution in [0.2, 0.25) is 0 Å². The highest BCUT2D eigenvalue weighted by atomic mass is 16.4. The van der Waals surface area contributed by atoms with Gasteiger partial charge in [0.15, 0.2) is 11.3 Å². The van der Waals surface area contributed by atoms with Crippen LogP contribution in [0.15, 0.2) is 62.5 Å². The van der Waals surface area contributed by atoms with Crippen LogP contribution in [0.4, 0.5) is 0 Å². The molecule has 4 aromatic rings. The maximum Gasteiger partial charge on any atom is 0.346 e. The Labute approximate surface area is 143 Å². The van der Waals surface area contributed by atoms with E-state index in [0.29, 0.717) is 40.6 Å². The van der Waals surface area contributed by atoms with Gasteiger partial charge in [0.25, 0.3) is 0 Å². The molecule has 5 nitrogen and oxygen atoms in total. The van der Waals surface area contributed by atoms with E-state index < -0.39 is 5.63 Å². The summed E-state index contributed by atoms with van der Waals surface area (Å²) in [5.74, 6) is 0.343. The van der Waals surface area contributed by atoms with Crippen LogP contribution in [0.5, 0.6) is 0 Å². The number of H-pyrrole nitrogens is 1. The van der Waals surface area contributed by atoms with Gasteiger partial charge in [0, 0.05) is 28.6 Å². The molecule has 2 aromatic carbocycles. The van der Waals surface area contributed by atoms with Gasteiger partial charge >= 0.3 is 5.63 Å². The highest BCUT2D eigenvalue weighted by Crippen LogP contribution is 2.13. The second kappa shape index (κ2) is 6.02. The number of nitrogens with zero attached hydrogens (tertiary/aromatic N) is 1. The third kappa shape index (κ3) is 2.74. The average molecular weight is 332 g/mol. The molecule has 0 aliphatic carbocycles. The molecule has 0 radical (unpaired) electrons.